The molecule has 0 bridgehead atoms. The summed E-state index contributed by atoms with van der Waals surface area (Å²) < 4.78 is 2.62. The number of hydrogen-bond donors (Lipinski definition) is 0. The number of thiophene rings is 1. The number of fused-ring (bicyclic) bond motifs is 3. The molecule has 0 N–H and O–H groups in total. The summed E-state index contributed by atoms with van der Waals surface area (Å²) >= 11 is 1.89. The minimum atomic E-state index is 0.0457. The Bertz CT molecular complexity index is 2670. The van der Waals surface area contributed by atoms with E-state index < -0.39 is 0 Å². The fraction of sp³-hybridized carbons (Fsp3) is 0.148. The van der Waals surface area contributed by atoms with Gasteiger partial charge >= 0.3 is 0 Å². The predicted octanol–water partition coefficient (Wildman–Crippen LogP) is 15.4. The van der Waals surface area contributed by atoms with Crippen molar-refractivity contribution in [2.24, 2.45) is 0 Å². The summed E-state index contributed by atoms with van der Waals surface area (Å²) in [6.07, 6.45) is 4.01. The van der Waals surface area contributed by atoms with E-state index in [4.69, 9.17) is 9.97 Å². The molecule has 9 rings (SSSR count). The fourth-order valence-corrected chi connectivity index (χ4v) is 9.50. The van der Waals surface area contributed by atoms with Crippen LogP contribution < -0.4 is 0 Å². The molecule has 0 aliphatic heterocycles. The Labute approximate surface area is 340 Å². The lowest BCUT2D eigenvalue weighted by Crippen LogP contribution is -2.12. The van der Waals surface area contributed by atoms with Gasteiger partial charge in [-0.1, -0.05) is 187 Å². The Kier molecular flexibility index (Phi) is 9.22. The SMILES string of the molecule is CC(C)(C)c1ccccc1-c1ccc(-c2ccc(-c3cccc4c3sc3c(-c5ccc(-c6ccc(-c7ccccc7C(C)(C)C)nc6)cc5)cccc34)cc2)cn1. The van der Waals surface area contributed by atoms with E-state index in [9.17, 15) is 0 Å². The van der Waals surface area contributed by atoms with Crippen LogP contribution in [0.2, 0.25) is 0 Å². The lowest BCUT2D eigenvalue weighted by molar-refractivity contribution is 0.591. The van der Waals surface area contributed by atoms with Crippen LogP contribution in [-0.2, 0) is 10.8 Å². The molecule has 0 spiro atoms. The lowest BCUT2D eigenvalue weighted by Gasteiger charge is -2.22. The van der Waals surface area contributed by atoms with Gasteiger partial charge in [0, 0.05) is 54.8 Å². The first kappa shape index (κ1) is 36.5. The van der Waals surface area contributed by atoms with Crippen molar-refractivity contribution in [2.75, 3.05) is 0 Å². The highest BCUT2D eigenvalue weighted by atomic mass is 32.1. The second-order valence-corrected chi connectivity index (χ2v) is 18.1. The molecular weight excluding hydrogens is 709 g/mol. The van der Waals surface area contributed by atoms with E-state index in [0.29, 0.717) is 0 Å². The second kappa shape index (κ2) is 14.4. The standard InChI is InChI=1S/C54H46N2S/c1-53(2,3)47-19-9-7-13-45(47)49-31-29-39(33-55-49)35-21-25-37(26-22-35)41-15-11-17-43-44-18-12-16-42(52(44)57-51(41)43)38-27-23-36(24-28-38)40-30-32-50(56-34-40)46-14-8-10-20-48(46)54(4,5)6/h7-34H,1-6H3. The minimum Gasteiger partial charge on any atom is -0.256 e. The first-order valence-electron chi connectivity index (χ1n) is 19.8. The van der Waals surface area contributed by atoms with Crippen LogP contribution >= 0.6 is 11.3 Å². The minimum absolute atomic E-state index is 0.0457. The van der Waals surface area contributed by atoms with Gasteiger partial charge in [-0.25, -0.2) is 0 Å². The van der Waals surface area contributed by atoms with Crippen molar-refractivity contribution in [2.45, 2.75) is 52.4 Å². The number of hydrogen-bond acceptors (Lipinski definition) is 3. The van der Waals surface area contributed by atoms with Gasteiger partial charge in [-0.2, -0.15) is 0 Å². The summed E-state index contributed by atoms with van der Waals surface area (Å²) in [7, 11) is 0. The van der Waals surface area contributed by atoms with Crippen molar-refractivity contribution in [3.8, 4) is 67.0 Å². The first-order chi connectivity index (χ1) is 27.5. The molecule has 0 fully saturated rings. The number of benzene rings is 6. The zero-order valence-electron chi connectivity index (χ0n) is 33.5. The Morgan fingerprint density at radius 1 is 0.333 bits per heavy atom. The van der Waals surface area contributed by atoms with E-state index >= 15 is 0 Å². The van der Waals surface area contributed by atoms with Crippen LogP contribution in [0.4, 0.5) is 0 Å². The van der Waals surface area contributed by atoms with Crippen molar-refractivity contribution in [3.63, 3.8) is 0 Å². The molecule has 0 saturated carbocycles. The Balaban J connectivity index is 0.985. The number of pyridine rings is 2. The third-order valence-corrected chi connectivity index (χ3v) is 12.4. The van der Waals surface area contributed by atoms with Crippen LogP contribution in [0.3, 0.4) is 0 Å². The highest BCUT2D eigenvalue weighted by Crippen LogP contribution is 2.44. The highest BCUT2D eigenvalue weighted by molar-refractivity contribution is 7.26. The van der Waals surface area contributed by atoms with Crippen LogP contribution in [0, 0.1) is 0 Å². The number of nitrogens with zero attached hydrogens (tertiary/aromatic N) is 2. The van der Waals surface area contributed by atoms with Crippen molar-refractivity contribution in [3.05, 3.63) is 181 Å². The Morgan fingerprint density at radius 3 is 1.05 bits per heavy atom. The largest absolute Gasteiger partial charge is 0.256 e. The Hall–Kier alpha value is -6.16. The zero-order valence-corrected chi connectivity index (χ0v) is 34.3. The van der Waals surface area contributed by atoms with Crippen LogP contribution in [0.15, 0.2) is 170 Å². The molecule has 0 aliphatic rings. The normalized spacial score (nSPS) is 12.0. The summed E-state index contributed by atoms with van der Waals surface area (Å²) in [5.41, 5.74) is 16.6. The summed E-state index contributed by atoms with van der Waals surface area (Å²) in [4.78, 5) is 9.84. The van der Waals surface area contributed by atoms with Crippen LogP contribution in [-0.4, -0.2) is 9.97 Å². The molecule has 9 aromatic rings. The lowest BCUT2D eigenvalue weighted by atomic mass is 9.83. The maximum Gasteiger partial charge on any atom is 0.0705 e. The van der Waals surface area contributed by atoms with E-state index in [-0.39, 0.29) is 10.8 Å². The maximum absolute atomic E-state index is 4.92. The average molecular weight is 755 g/mol. The van der Waals surface area contributed by atoms with Gasteiger partial charge in [0.25, 0.3) is 0 Å². The van der Waals surface area contributed by atoms with Gasteiger partial charge in [0.05, 0.1) is 11.4 Å². The third kappa shape index (κ3) is 6.98. The van der Waals surface area contributed by atoms with Gasteiger partial charge in [-0.3, -0.25) is 9.97 Å². The van der Waals surface area contributed by atoms with Gasteiger partial charge in [0.15, 0.2) is 0 Å². The topological polar surface area (TPSA) is 25.8 Å². The monoisotopic (exact) mass is 754 g/mol. The van der Waals surface area contributed by atoms with E-state index in [1.54, 1.807) is 0 Å². The van der Waals surface area contributed by atoms with Crippen molar-refractivity contribution >= 4 is 31.5 Å². The molecular formula is C54H46N2S. The average Bonchev–Trinajstić information content (AvgIpc) is 3.63. The predicted molar refractivity (Wildman–Crippen MR) is 245 cm³/mol. The summed E-state index contributed by atoms with van der Waals surface area (Å²) in [5, 5.41) is 2.59. The van der Waals surface area contributed by atoms with Gasteiger partial charge in [0.2, 0.25) is 0 Å². The summed E-state index contributed by atoms with van der Waals surface area (Å²) in [5.74, 6) is 0. The molecule has 0 aliphatic carbocycles. The molecule has 0 unspecified atom stereocenters. The summed E-state index contributed by atoms with van der Waals surface area (Å²) in [6.45, 7) is 13.5. The molecule has 0 radical (unpaired) electrons. The number of rotatable bonds is 6. The van der Waals surface area contributed by atoms with Crippen LogP contribution in [0.1, 0.15) is 52.7 Å². The van der Waals surface area contributed by atoms with Gasteiger partial charge in [0.1, 0.15) is 0 Å². The van der Waals surface area contributed by atoms with E-state index in [0.717, 1.165) is 33.6 Å². The van der Waals surface area contributed by atoms with Crippen molar-refractivity contribution in [1.82, 2.24) is 9.97 Å². The van der Waals surface area contributed by atoms with Gasteiger partial charge in [-0.05, 0) is 67.5 Å². The molecule has 278 valence electrons. The second-order valence-electron chi connectivity index (χ2n) is 17.1. The molecule has 2 nitrogen and oxygen atoms in total. The molecule has 0 amide bonds. The quantitative estimate of drug-likeness (QED) is 0.169. The highest BCUT2D eigenvalue weighted by Gasteiger charge is 2.20. The summed E-state index contributed by atoms with van der Waals surface area (Å²) in [6, 6.07) is 57.2. The van der Waals surface area contributed by atoms with Crippen LogP contribution in [0.5, 0.6) is 0 Å². The van der Waals surface area contributed by atoms with E-state index in [1.165, 1.54) is 64.7 Å². The molecule has 0 atom stereocenters. The maximum atomic E-state index is 4.92. The Morgan fingerprint density at radius 2 is 0.684 bits per heavy atom. The fourth-order valence-electron chi connectivity index (χ4n) is 8.13. The van der Waals surface area contributed by atoms with Crippen molar-refractivity contribution in [1.29, 1.82) is 0 Å². The zero-order chi connectivity index (χ0) is 39.3. The smallest absolute Gasteiger partial charge is 0.0705 e. The molecule has 57 heavy (non-hydrogen) atoms. The molecule has 6 aromatic carbocycles. The molecule has 3 aromatic heterocycles. The molecule has 0 saturated heterocycles. The van der Waals surface area contributed by atoms with Crippen LogP contribution in [0.25, 0.3) is 87.2 Å². The molecule has 3 heteroatoms. The van der Waals surface area contributed by atoms with Gasteiger partial charge < -0.3 is 0 Å². The first-order valence-corrected chi connectivity index (χ1v) is 20.6. The van der Waals surface area contributed by atoms with Crippen molar-refractivity contribution < 1.29 is 0 Å². The van der Waals surface area contributed by atoms with E-state index in [1.807, 2.05) is 23.7 Å². The van der Waals surface area contributed by atoms with E-state index in [2.05, 4.69) is 199 Å². The van der Waals surface area contributed by atoms with Gasteiger partial charge in [-0.15, -0.1) is 11.3 Å². The number of aromatic nitrogens is 2. The third-order valence-electron chi connectivity index (χ3n) is 11.1. The molecule has 3 heterocycles.